The van der Waals surface area contributed by atoms with Crippen LogP contribution in [0.25, 0.3) is 0 Å². The summed E-state index contributed by atoms with van der Waals surface area (Å²) in [5.74, 6) is 0.755. The summed E-state index contributed by atoms with van der Waals surface area (Å²) in [5.41, 5.74) is 6.56. The van der Waals surface area contributed by atoms with Gasteiger partial charge in [0.1, 0.15) is 5.75 Å². The number of nitrogen functional groups attached to an aromatic ring is 1. The second-order valence-corrected chi connectivity index (χ2v) is 6.39. The van der Waals surface area contributed by atoms with Crippen molar-refractivity contribution >= 4 is 16.5 Å². The minimum Gasteiger partial charge on any atom is -0.494 e. The lowest BCUT2D eigenvalue weighted by molar-refractivity contribution is 0.339. The van der Waals surface area contributed by atoms with Crippen molar-refractivity contribution in [2.45, 2.75) is 49.2 Å². The van der Waals surface area contributed by atoms with Crippen LogP contribution in [0.4, 0.5) is 5.69 Å². The summed E-state index contributed by atoms with van der Waals surface area (Å²) in [4.78, 5) is 0.743. The molecule has 1 aliphatic rings. The number of ether oxygens (including phenoxy) is 1. The van der Waals surface area contributed by atoms with E-state index in [1.54, 1.807) is 6.07 Å². The zero-order valence-corrected chi connectivity index (χ0v) is 11.7. The third kappa shape index (κ3) is 3.05. The van der Waals surface area contributed by atoms with Crippen LogP contribution in [0.15, 0.2) is 23.1 Å². The highest BCUT2D eigenvalue weighted by Crippen LogP contribution is 2.30. The molecule has 1 fully saturated rings. The Bertz CT molecular complexity index is 428. The van der Waals surface area contributed by atoms with E-state index in [2.05, 4.69) is 0 Å². The molecule has 100 valence electrons. The Kier molecular flexibility index (Phi) is 4.64. The molecular formula is C14H21NO2S. The van der Waals surface area contributed by atoms with Gasteiger partial charge in [-0.25, -0.2) is 0 Å². The Hall–Kier alpha value is -1.03. The predicted octanol–water partition coefficient (Wildman–Crippen LogP) is 3.11. The van der Waals surface area contributed by atoms with E-state index in [-0.39, 0.29) is 5.25 Å². The van der Waals surface area contributed by atoms with Gasteiger partial charge in [-0.2, -0.15) is 0 Å². The van der Waals surface area contributed by atoms with E-state index >= 15 is 0 Å². The Morgan fingerprint density at radius 2 is 2.06 bits per heavy atom. The van der Waals surface area contributed by atoms with Crippen molar-refractivity contribution in [3.05, 3.63) is 18.2 Å². The van der Waals surface area contributed by atoms with Gasteiger partial charge in [-0.3, -0.25) is 4.21 Å². The van der Waals surface area contributed by atoms with Crippen LogP contribution in [0.5, 0.6) is 5.75 Å². The van der Waals surface area contributed by atoms with Gasteiger partial charge < -0.3 is 10.5 Å². The van der Waals surface area contributed by atoms with Crippen molar-refractivity contribution in [1.82, 2.24) is 0 Å². The maximum Gasteiger partial charge on any atom is 0.120 e. The SMILES string of the molecule is CCOc1ccc(N)c(S(=O)C2CCCCC2)c1. The largest absolute Gasteiger partial charge is 0.494 e. The number of hydrogen-bond acceptors (Lipinski definition) is 3. The van der Waals surface area contributed by atoms with Gasteiger partial charge >= 0.3 is 0 Å². The molecule has 1 atom stereocenters. The van der Waals surface area contributed by atoms with E-state index in [0.29, 0.717) is 12.3 Å². The molecule has 2 N–H and O–H groups in total. The molecular weight excluding hydrogens is 246 g/mol. The van der Waals surface area contributed by atoms with Crippen molar-refractivity contribution < 1.29 is 8.95 Å². The molecule has 3 nitrogen and oxygen atoms in total. The molecule has 0 aliphatic heterocycles. The van der Waals surface area contributed by atoms with Gasteiger partial charge in [0.25, 0.3) is 0 Å². The second-order valence-electron chi connectivity index (χ2n) is 4.69. The van der Waals surface area contributed by atoms with E-state index in [1.807, 2.05) is 19.1 Å². The molecule has 0 spiro atoms. The van der Waals surface area contributed by atoms with Gasteiger partial charge in [-0.1, -0.05) is 19.3 Å². The summed E-state index contributed by atoms with van der Waals surface area (Å²) < 4.78 is 18.0. The van der Waals surface area contributed by atoms with Crippen LogP contribution in [-0.4, -0.2) is 16.1 Å². The average Bonchev–Trinajstić information content (AvgIpc) is 2.41. The molecule has 18 heavy (non-hydrogen) atoms. The summed E-state index contributed by atoms with van der Waals surface area (Å²) in [6, 6.07) is 5.46. The lowest BCUT2D eigenvalue weighted by Crippen LogP contribution is -2.19. The first-order valence-corrected chi connectivity index (χ1v) is 7.86. The van der Waals surface area contributed by atoms with Gasteiger partial charge in [-0.15, -0.1) is 0 Å². The molecule has 0 amide bonds. The van der Waals surface area contributed by atoms with Crippen molar-refractivity contribution in [2.75, 3.05) is 12.3 Å². The van der Waals surface area contributed by atoms with Gasteiger partial charge in [0, 0.05) is 10.9 Å². The number of nitrogens with two attached hydrogens (primary N) is 1. The Balaban J connectivity index is 2.19. The molecule has 1 saturated carbocycles. The molecule has 1 aliphatic carbocycles. The summed E-state index contributed by atoms with van der Waals surface area (Å²) in [6.45, 7) is 2.55. The number of anilines is 1. The minimum atomic E-state index is -1.00. The monoisotopic (exact) mass is 267 g/mol. The molecule has 0 heterocycles. The fourth-order valence-corrected chi connectivity index (χ4v) is 4.06. The number of hydrogen-bond donors (Lipinski definition) is 1. The highest BCUT2D eigenvalue weighted by molar-refractivity contribution is 7.85. The van der Waals surface area contributed by atoms with Crippen LogP contribution in [0.1, 0.15) is 39.0 Å². The quantitative estimate of drug-likeness (QED) is 0.853. The van der Waals surface area contributed by atoms with Gasteiger partial charge in [0.15, 0.2) is 0 Å². The first kappa shape index (κ1) is 13.4. The average molecular weight is 267 g/mol. The van der Waals surface area contributed by atoms with Crippen molar-refractivity contribution in [1.29, 1.82) is 0 Å². The first-order valence-electron chi connectivity index (χ1n) is 6.65. The van der Waals surface area contributed by atoms with Crippen LogP contribution in [-0.2, 0) is 10.8 Å². The van der Waals surface area contributed by atoms with E-state index in [9.17, 15) is 4.21 Å². The van der Waals surface area contributed by atoms with Crippen LogP contribution in [0.3, 0.4) is 0 Å². The smallest absolute Gasteiger partial charge is 0.120 e. The topological polar surface area (TPSA) is 52.3 Å². The van der Waals surface area contributed by atoms with Gasteiger partial charge in [0.05, 0.1) is 22.3 Å². The van der Waals surface area contributed by atoms with Gasteiger partial charge in [0.2, 0.25) is 0 Å². The number of rotatable bonds is 4. The van der Waals surface area contributed by atoms with E-state index in [4.69, 9.17) is 10.5 Å². The summed E-state index contributed by atoms with van der Waals surface area (Å²) in [7, 11) is -1.00. The molecule has 1 aromatic rings. The molecule has 2 rings (SSSR count). The zero-order chi connectivity index (χ0) is 13.0. The lowest BCUT2D eigenvalue weighted by Gasteiger charge is -2.21. The maximum absolute atomic E-state index is 12.6. The van der Waals surface area contributed by atoms with Crippen molar-refractivity contribution in [2.24, 2.45) is 0 Å². The molecule has 0 saturated heterocycles. The van der Waals surface area contributed by atoms with E-state index in [1.165, 1.54) is 19.3 Å². The molecule has 0 radical (unpaired) electrons. The van der Waals surface area contributed by atoms with E-state index in [0.717, 1.165) is 23.5 Å². The standard InChI is InChI=1S/C14H21NO2S/c1-2-17-11-8-9-13(15)14(10-11)18(16)12-6-4-3-5-7-12/h8-10,12H,2-7,15H2,1H3. The Morgan fingerprint density at radius 3 is 2.72 bits per heavy atom. The first-order chi connectivity index (χ1) is 8.72. The zero-order valence-electron chi connectivity index (χ0n) is 10.9. The Labute approximate surface area is 111 Å². The lowest BCUT2D eigenvalue weighted by atomic mass is 10.0. The maximum atomic E-state index is 12.6. The van der Waals surface area contributed by atoms with Crippen LogP contribution < -0.4 is 10.5 Å². The van der Waals surface area contributed by atoms with Crippen molar-refractivity contribution in [3.8, 4) is 5.75 Å². The second kappa shape index (κ2) is 6.23. The third-order valence-corrected chi connectivity index (χ3v) is 5.23. The fraction of sp³-hybridized carbons (Fsp3) is 0.571. The van der Waals surface area contributed by atoms with Crippen molar-refractivity contribution in [3.63, 3.8) is 0 Å². The summed E-state index contributed by atoms with van der Waals surface area (Å²) >= 11 is 0. The molecule has 1 unspecified atom stereocenters. The Morgan fingerprint density at radius 1 is 1.33 bits per heavy atom. The van der Waals surface area contributed by atoms with Crippen LogP contribution in [0.2, 0.25) is 0 Å². The third-order valence-electron chi connectivity index (χ3n) is 3.37. The summed E-state index contributed by atoms with van der Waals surface area (Å²) in [6.07, 6.45) is 5.72. The molecule has 0 bridgehead atoms. The molecule has 0 aromatic heterocycles. The predicted molar refractivity (Wildman–Crippen MR) is 75.3 cm³/mol. The fourth-order valence-electron chi connectivity index (χ4n) is 2.40. The number of benzene rings is 1. The van der Waals surface area contributed by atoms with Crippen LogP contribution in [0, 0.1) is 0 Å². The van der Waals surface area contributed by atoms with Crippen LogP contribution >= 0.6 is 0 Å². The molecule has 4 heteroatoms. The summed E-state index contributed by atoms with van der Waals surface area (Å²) in [5, 5.41) is 0.262. The highest BCUT2D eigenvalue weighted by atomic mass is 32.2. The van der Waals surface area contributed by atoms with E-state index < -0.39 is 10.8 Å². The molecule has 1 aromatic carbocycles. The normalized spacial score (nSPS) is 18.5. The van der Waals surface area contributed by atoms with Gasteiger partial charge in [-0.05, 0) is 38.0 Å². The highest BCUT2D eigenvalue weighted by Gasteiger charge is 2.22. The minimum absolute atomic E-state index is 0.262.